The lowest BCUT2D eigenvalue weighted by atomic mass is 9.79. The van der Waals surface area contributed by atoms with Gasteiger partial charge in [-0.3, -0.25) is 4.79 Å². The van der Waals surface area contributed by atoms with Crippen LogP contribution in [0.1, 0.15) is 12.8 Å². The molecule has 1 aliphatic rings. The predicted molar refractivity (Wildman–Crippen MR) is 53.8 cm³/mol. The molecule has 0 aromatic rings. The topological polar surface area (TPSA) is 57.5 Å². The van der Waals surface area contributed by atoms with Crippen LogP contribution < -0.4 is 0 Å². The first-order valence-corrected chi connectivity index (χ1v) is 4.49. The number of carboxylic acid groups (broad SMARTS) is 1. The van der Waals surface area contributed by atoms with Crippen LogP contribution in [0.5, 0.6) is 0 Å². The molecule has 0 aliphatic heterocycles. The molecule has 0 saturated carbocycles. The molecule has 0 spiro atoms. The summed E-state index contributed by atoms with van der Waals surface area (Å²) >= 11 is 0. The Labute approximate surface area is 83.1 Å². The highest BCUT2D eigenvalue weighted by Gasteiger charge is 2.33. The molecule has 0 amide bonds. The van der Waals surface area contributed by atoms with E-state index < -0.39 is 11.6 Å². The third-order valence-electron chi connectivity index (χ3n) is 2.35. The van der Waals surface area contributed by atoms with Gasteiger partial charge in [-0.2, -0.15) is 0 Å². The van der Waals surface area contributed by atoms with E-state index in [1.165, 1.54) is 0 Å². The molecule has 14 heavy (non-hydrogen) atoms. The molecular weight excluding hydrogens is 180 g/mol. The summed E-state index contributed by atoms with van der Waals surface area (Å²) in [6.45, 7) is 3.55. The number of aliphatic carboxylic acids is 1. The number of carbonyl (C=O) groups is 1. The van der Waals surface area contributed by atoms with Crippen molar-refractivity contribution < 1.29 is 15.0 Å². The van der Waals surface area contributed by atoms with Gasteiger partial charge in [0.1, 0.15) is 0 Å². The second-order valence-corrected chi connectivity index (χ2v) is 3.43. The van der Waals surface area contributed by atoms with Gasteiger partial charge in [-0.1, -0.05) is 30.4 Å². The number of carboxylic acids is 1. The fourth-order valence-electron chi connectivity index (χ4n) is 1.59. The zero-order chi connectivity index (χ0) is 10.6. The van der Waals surface area contributed by atoms with E-state index in [1.807, 2.05) is 0 Å². The molecule has 0 bridgehead atoms. The van der Waals surface area contributed by atoms with Crippen molar-refractivity contribution in [3.63, 3.8) is 0 Å². The van der Waals surface area contributed by atoms with Crippen LogP contribution in [-0.2, 0) is 4.79 Å². The second-order valence-electron chi connectivity index (χ2n) is 3.43. The van der Waals surface area contributed by atoms with Gasteiger partial charge in [0, 0.05) is 5.92 Å². The van der Waals surface area contributed by atoms with Gasteiger partial charge < -0.3 is 10.2 Å². The van der Waals surface area contributed by atoms with E-state index in [1.54, 1.807) is 30.4 Å². The van der Waals surface area contributed by atoms with Crippen LogP contribution in [0.25, 0.3) is 0 Å². The fourth-order valence-corrected chi connectivity index (χ4v) is 1.59. The van der Waals surface area contributed by atoms with Gasteiger partial charge in [-0.05, 0) is 6.42 Å². The SMILES string of the molecule is C=CCC1(O)C=CC=CC1CC(=O)O. The summed E-state index contributed by atoms with van der Waals surface area (Å²) in [5.41, 5.74) is -1.09. The van der Waals surface area contributed by atoms with E-state index in [0.717, 1.165) is 0 Å². The van der Waals surface area contributed by atoms with E-state index in [0.29, 0.717) is 6.42 Å². The molecule has 76 valence electrons. The normalized spacial score (nSPS) is 30.2. The van der Waals surface area contributed by atoms with Gasteiger partial charge >= 0.3 is 5.97 Å². The Kier molecular flexibility index (Phi) is 3.25. The van der Waals surface area contributed by atoms with Crippen molar-refractivity contribution in [3.05, 3.63) is 37.0 Å². The van der Waals surface area contributed by atoms with Gasteiger partial charge in [0.05, 0.1) is 12.0 Å². The maximum Gasteiger partial charge on any atom is 0.304 e. The molecule has 1 rings (SSSR count). The van der Waals surface area contributed by atoms with Gasteiger partial charge in [0.15, 0.2) is 0 Å². The van der Waals surface area contributed by atoms with Crippen molar-refractivity contribution in [2.75, 3.05) is 0 Å². The van der Waals surface area contributed by atoms with Crippen molar-refractivity contribution in [3.8, 4) is 0 Å². The van der Waals surface area contributed by atoms with Crippen molar-refractivity contribution >= 4 is 5.97 Å². The fraction of sp³-hybridized carbons (Fsp3) is 0.364. The van der Waals surface area contributed by atoms with Crippen LogP contribution >= 0.6 is 0 Å². The number of rotatable bonds is 4. The molecular formula is C11H14O3. The maximum atomic E-state index is 10.6. The Bertz CT molecular complexity index is 291. The highest BCUT2D eigenvalue weighted by Crippen LogP contribution is 2.30. The lowest BCUT2D eigenvalue weighted by molar-refractivity contribution is -0.139. The predicted octanol–water partition coefficient (Wildman–Crippen LogP) is 1.51. The Morgan fingerprint density at radius 3 is 2.86 bits per heavy atom. The maximum absolute atomic E-state index is 10.6. The standard InChI is InChI=1S/C11H14O3/c1-2-6-11(14)7-4-3-5-9(11)8-10(12)13/h2-5,7,9,14H,1,6,8H2,(H,12,13). The third kappa shape index (κ3) is 2.33. The van der Waals surface area contributed by atoms with Gasteiger partial charge in [0.2, 0.25) is 0 Å². The van der Waals surface area contributed by atoms with E-state index >= 15 is 0 Å². The first kappa shape index (κ1) is 10.7. The summed E-state index contributed by atoms with van der Waals surface area (Å²) in [5, 5.41) is 18.8. The molecule has 3 heteroatoms. The molecule has 2 unspecified atom stereocenters. The average Bonchev–Trinajstić information content (AvgIpc) is 2.09. The molecule has 0 heterocycles. The van der Waals surface area contributed by atoms with E-state index in [2.05, 4.69) is 6.58 Å². The minimum atomic E-state index is -1.09. The molecule has 0 aromatic heterocycles. The summed E-state index contributed by atoms with van der Waals surface area (Å²) in [6.07, 6.45) is 8.72. The minimum Gasteiger partial charge on any atom is -0.481 e. The summed E-state index contributed by atoms with van der Waals surface area (Å²) in [7, 11) is 0. The first-order valence-electron chi connectivity index (χ1n) is 4.49. The summed E-state index contributed by atoms with van der Waals surface area (Å²) < 4.78 is 0. The van der Waals surface area contributed by atoms with Gasteiger partial charge in [0.25, 0.3) is 0 Å². The molecule has 0 aromatic carbocycles. The molecule has 0 saturated heterocycles. The number of hydrogen-bond donors (Lipinski definition) is 2. The molecule has 3 nitrogen and oxygen atoms in total. The zero-order valence-electron chi connectivity index (χ0n) is 7.89. The lowest BCUT2D eigenvalue weighted by Crippen LogP contribution is -2.36. The zero-order valence-corrected chi connectivity index (χ0v) is 7.89. The van der Waals surface area contributed by atoms with Gasteiger partial charge in [-0.15, -0.1) is 6.58 Å². The van der Waals surface area contributed by atoms with Crippen LogP contribution in [0.15, 0.2) is 37.0 Å². The Balaban J connectivity index is 2.80. The Morgan fingerprint density at radius 1 is 1.57 bits per heavy atom. The Hall–Kier alpha value is -1.35. The van der Waals surface area contributed by atoms with Crippen LogP contribution in [0.4, 0.5) is 0 Å². The van der Waals surface area contributed by atoms with Crippen LogP contribution in [0.2, 0.25) is 0 Å². The van der Waals surface area contributed by atoms with Crippen LogP contribution in [0.3, 0.4) is 0 Å². The summed E-state index contributed by atoms with van der Waals surface area (Å²) in [5.74, 6) is -1.28. The first-order chi connectivity index (χ1) is 6.58. The van der Waals surface area contributed by atoms with Gasteiger partial charge in [-0.25, -0.2) is 0 Å². The van der Waals surface area contributed by atoms with Crippen molar-refractivity contribution in [1.82, 2.24) is 0 Å². The van der Waals surface area contributed by atoms with Crippen molar-refractivity contribution in [2.45, 2.75) is 18.4 Å². The third-order valence-corrected chi connectivity index (χ3v) is 2.35. The highest BCUT2D eigenvalue weighted by molar-refractivity contribution is 5.67. The molecule has 0 fully saturated rings. The molecule has 2 atom stereocenters. The lowest BCUT2D eigenvalue weighted by Gasteiger charge is -2.31. The quantitative estimate of drug-likeness (QED) is 0.667. The smallest absolute Gasteiger partial charge is 0.304 e. The second kappa shape index (κ2) is 4.24. The minimum absolute atomic E-state index is 0.0643. The molecule has 2 N–H and O–H groups in total. The number of hydrogen-bond acceptors (Lipinski definition) is 2. The summed E-state index contributed by atoms with van der Waals surface area (Å²) in [6, 6.07) is 0. The summed E-state index contributed by atoms with van der Waals surface area (Å²) in [4.78, 5) is 10.6. The monoisotopic (exact) mass is 194 g/mol. The Morgan fingerprint density at radius 2 is 2.29 bits per heavy atom. The van der Waals surface area contributed by atoms with E-state index in [9.17, 15) is 9.90 Å². The highest BCUT2D eigenvalue weighted by atomic mass is 16.4. The van der Waals surface area contributed by atoms with Crippen molar-refractivity contribution in [2.24, 2.45) is 5.92 Å². The largest absolute Gasteiger partial charge is 0.481 e. The molecule has 1 aliphatic carbocycles. The average molecular weight is 194 g/mol. The van der Waals surface area contributed by atoms with Crippen molar-refractivity contribution in [1.29, 1.82) is 0 Å². The number of aliphatic hydroxyl groups is 1. The molecule has 0 radical (unpaired) electrons. The van der Waals surface area contributed by atoms with Crippen LogP contribution in [-0.4, -0.2) is 21.8 Å². The van der Waals surface area contributed by atoms with E-state index in [4.69, 9.17) is 5.11 Å². The number of allylic oxidation sites excluding steroid dienone is 2. The van der Waals surface area contributed by atoms with Crippen LogP contribution in [0, 0.1) is 5.92 Å². The van der Waals surface area contributed by atoms with E-state index in [-0.39, 0.29) is 12.3 Å².